The zero-order valence-corrected chi connectivity index (χ0v) is 9.36. The highest BCUT2D eigenvalue weighted by Gasteiger charge is 1.95. The molecule has 1 N–H and O–H groups in total. The topological polar surface area (TPSA) is 24.5 Å². The van der Waals surface area contributed by atoms with E-state index in [1.54, 1.807) is 6.08 Å². The fraction of sp³-hybridized carbons (Fsp3) is 0.333. The molecule has 1 rings (SSSR count). The smallest absolute Gasteiger partial charge is 0.119 e. The first kappa shape index (κ1) is 11.8. The standard InChI is InChI=1S/C12H18N2O/c1-4-9-15-12-7-5-11(6-8-12)10-13-14(2)3/h4-8,13H,1,9-10H2,2-3H3. The molecule has 0 amide bonds. The molecule has 0 aliphatic heterocycles. The van der Waals surface area contributed by atoms with Crippen LogP contribution in [0.3, 0.4) is 0 Å². The Hall–Kier alpha value is -1.32. The van der Waals surface area contributed by atoms with Crippen molar-refractivity contribution in [3.8, 4) is 5.75 Å². The lowest BCUT2D eigenvalue weighted by Crippen LogP contribution is -2.29. The Morgan fingerprint density at radius 2 is 2.00 bits per heavy atom. The molecule has 0 radical (unpaired) electrons. The van der Waals surface area contributed by atoms with Gasteiger partial charge < -0.3 is 4.74 Å². The van der Waals surface area contributed by atoms with Crippen molar-refractivity contribution in [3.63, 3.8) is 0 Å². The molecule has 0 aromatic heterocycles. The lowest BCUT2D eigenvalue weighted by molar-refractivity contribution is 0.286. The zero-order valence-electron chi connectivity index (χ0n) is 9.36. The van der Waals surface area contributed by atoms with Crippen LogP contribution >= 0.6 is 0 Å². The summed E-state index contributed by atoms with van der Waals surface area (Å²) in [6.45, 7) is 4.98. The third-order valence-electron chi connectivity index (χ3n) is 1.89. The quantitative estimate of drug-likeness (QED) is 0.567. The molecule has 0 fully saturated rings. The van der Waals surface area contributed by atoms with Gasteiger partial charge in [0, 0.05) is 20.6 Å². The number of ether oxygens (including phenoxy) is 1. The largest absolute Gasteiger partial charge is 0.490 e. The van der Waals surface area contributed by atoms with Gasteiger partial charge in [-0.3, -0.25) is 10.4 Å². The van der Waals surface area contributed by atoms with Crippen molar-refractivity contribution >= 4 is 0 Å². The Labute approximate surface area is 91.3 Å². The highest BCUT2D eigenvalue weighted by Crippen LogP contribution is 2.11. The minimum absolute atomic E-state index is 0.551. The van der Waals surface area contributed by atoms with Crippen molar-refractivity contribution in [3.05, 3.63) is 42.5 Å². The first-order valence-electron chi connectivity index (χ1n) is 4.96. The molecular formula is C12H18N2O. The summed E-state index contributed by atoms with van der Waals surface area (Å²) in [4.78, 5) is 0. The van der Waals surface area contributed by atoms with Crippen molar-refractivity contribution in [1.82, 2.24) is 10.4 Å². The third-order valence-corrected chi connectivity index (χ3v) is 1.89. The van der Waals surface area contributed by atoms with Crippen molar-refractivity contribution in [2.75, 3.05) is 20.7 Å². The van der Waals surface area contributed by atoms with E-state index in [9.17, 15) is 0 Å². The van der Waals surface area contributed by atoms with E-state index in [2.05, 4.69) is 24.1 Å². The van der Waals surface area contributed by atoms with Crippen LogP contribution in [-0.4, -0.2) is 25.7 Å². The monoisotopic (exact) mass is 206 g/mol. The number of nitrogens with zero attached hydrogens (tertiary/aromatic N) is 1. The molecule has 82 valence electrons. The van der Waals surface area contributed by atoms with Gasteiger partial charge in [-0.2, -0.15) is 0 Å². The first-order chi connectivity index (χ1) is 7.22. The average molecular weight is 206 g/mol. The Bertz CT molecular complexity index is 293. The number of hydrogen-bond acceptors (Lipinski definition) is 3. The molecule has 0 heterocycles. The molecule has 3 heteroatoms. The summed E-state index contributed by atoms with van der Waals surface area (Å²) >= 11 is 0. The van der Waals surface area contributed by atoms with E-state index in [1.165, 1.54) is 5.56 Å². The van der Waals surface area contributed by atoms with Crippen LogP contribution in [0.2, 0.25) is 0 Å². The summed E-state index contributed by atoms with van der Waals surface area (Å²) in [5, 5.41) is 1.93. The maximum absolute atomic E-state index is 5.39. The van der Waals surface area contributed by atoms with Gasteiger partial charge in [0.2, 0.25) is 0 Å². The van der Waals surface area contributed by atoms with Crippen molar-refractivity contribution < 1.29 is 4.74 Å². The van der Waals surface area contributed by atoms with Gasteiger partial charge in [-0.05, 0) is 17.7 Å². The second-order valence-electron chi connectivity index (χ2n) is 3.47. The van der Waals surface area contributed by atoms with Crippen LogP contribution < -0.4 is 10.2 Å². The normalized spacial score (nSPS) is 10.3. The molecule has 1 aromatic rings. The van der Waals surface area contributed by atoms with Gasteiger partial charge in [0.15, 0.2) is 0 Å². The first-order valence-corrected chi connectivity index (χ1v) is 4.96. The Kier molecular flexibility index (Phi) is 4.87. The summed E-state index contributed by atoms with van der Waals surface area (Å²) in [5.41, 5.74) is 4.43. The van der Waals surface area contributed by atoms with E-state index in [0.717, 1.165) is 12.3 Å². The minimum atomic E-state index is 0.551. The lowest BCUT2D eigenvalue weighted by Gasteiger charge is -2.12. The molecule has 1 aromatic carbocycles. The molecule has 0 saturated carbocycles. The van der Waals surface area contributed by atoms with Gasteiger partial charge >= 0.3 is 0 Å². The van der Waals surface area contributed by atoms with Gasteiger partial charge in [-0.25, -0.2) is 0 Å². The van der Waals surface area contributed by atoms with E-state index in [-0.39, 0.29) is 0 Å². The van der Waals surface area contributed by atoms with Gasteiger partial charge in [0.1, 0.15) is 12.4 Å². The lowest BCUT2D eigenvalue weighted by atomic mass is 10.2. The number of rotatable bonds is 6. The van der Waals surface area contributed by atoms with Crippen LogP contribution in [0.5, 0.6) is 5.75 Å². The van der Waals surface area contributed by atoms with Crippen molar-refractivity contribution in [2.45, 2.75) is 6.54 Å². The molecule has 0 unspecified atom stereocenters. The second kappa shape index (κ2) is 6.22. The number of benzene rings is 1. The van der Waals surface area contributed by atoms with E-state index in [0.29, 0.717) is 6.61 Å². The predicted octanol–water partition coefficient (Wildman–Crippen LogP) is 1.82. The Morgan fingerprint density at radius 1 is 1.33 bits per heavy atom. The minimum Gasteiger partial charge on any atom is -0.490 e. The van der Waals surface area contributed by atoms with Crippen LogP contribution in [0.25, 0.3) is 0 Å². The fourth-order valence-electron chi connectivity index (χ4n) is 1.11. The van der Waals surface area contributed by atoms with Gasteiger partial charge in [0.25, 0.3) is 0 Å². The van der Waals surface area contributed by atoms with Gasteiger partial charge in [0.05, 0.1) is 0 Å². The van der Waals surface area contributed by atoms with Crippen molar-refractivity contribution in [1.29, 1.82) is 0 Å². The maximum atomic E-state index is 5.39. The molecule has 0 saturated heterocycles. The molecule has 0 aliphatic carbocycles. The molecule has 0 aliphatic rings. The van der Waals surface area contributed by atoms with Gasteiger partial charge in [-0.15, -0.1) is 0 Å². The molecule has 0 spiro atoms. The summed E-state index contributed by atoms with van der Waals surface area (Å²) < 4.78 is 5.39. The van der Waals surface area contributed by atoms with Gasteiger partial charge in [-0.1, -0.05) is 24.8 Å². The highest BCUT2D eigenvalue weighted by atomic mass is 16.5. The molecule has 15 heavy (non-hydrogen) atoms. The predicted molar refractivity (Wildman–Crippen MR) is 62.7 cm³/mol. The highest BCUT2D eigenvalue weighted by molar-refractivity contribution is 5.27. The molecule has 3 nitrogen and oxygen atoms in total. The molecule has 0 bridgehead atoms. The summed E-state index contributed by atoms with van der Waals surface area (Å²) in [6, 6.07) is 8.04. The second-order valence-corrected chi connectivity index (χ2v) is 3.47. The van der Waals surface area contributed by atoms with E-state index < -0.39 is 0 Å². The van der Waals surface area contributed by atoms with Crippen LogP contribution in [-0.2, 0) is 6.54 Å². The molecule has 0 atom stereocenters. The number of hydrogen-bond donors (Lipinski definition) is 1. The van der Waals surface area contributed by atoms with E-state index >= 15 is 0 Å². The van der Waals surface area contributed by atoms with Crippen LogP contribution in [0, 0.1) is 0 Å². The fourth-order valence-corrected chi connectivity index (χ4v) is 1.11. The Balaban J connectivity index is 2.45. The third kappa shape index (κ3) is 4.63. The SMILES string of the molecule is C=CCOc1ccc(CNN(C)C)cc1. The van der Waals surface area contributed by atoms with Crippen LogP contribution in [0.15, 0.2) is 36.9 Å². The average Bonchev–Trinajstić information content (AvgIpc) is 2.25. The maximum Gasteiger partial charge on any atom is 0.119 e. The van der Waals surface area contributed by atoms with Crippen molar-refractivity contribution in [2.24, 2.45) is 0 Å². The number of hydrazine groups is 1. The van der Waals surface area contributed by atoms with E-state index in [4.69, 9.17) is 4.74 Å². The summed E-state index contributed by atoms with van der Waals surface area (Å²) in [7, 11) is 3.95. The zero-order chi connectivity index (χ0) is 11.1. The Morgan fingerprint density at radius 3 is 2.53 bits per heavy atom. The summed E-state index contributed by atoms with van der Waals surface area (Å²) in [5.74, 6) is 0.878. The van der Waals surface area contributed by atoms with E-state index in [1.807, 2.05) is 31.2 Å². The molecular weight excluding hydrogens is 188 g/mol. The van der Waals surface area contributed by atoms with Crippen LogP contribution in [0.1, 0.15) is 5.56 Å². The van der Waals surface area contributed by atoms with Crippen LogP contribution in [0.4, 0.5) is 0 Å². The summed E-state index contributed by atoms with van der Waals surface area (Å²) in [6.07, 6.45) is 1.74. The number of nitrogens with one attached hydrogen (secondary N) is 1.